The lowest BCUT2D eigenvalue weighted by atomic mass is 10.3. The Hall–Kier alpha value is -2.94. The van der Waals surface area contributed by atoms with Crippen molar-refractivity contribution in [2.45, 2.75) is 6.54 Å². The lowest BCUT2D eigenvalue weighted by Crippen LogP contribution is -2.34. The average molecular weight is 344 g/mol. The number of rotatable bonds is 5. The Kier molecular flexibility index (Phi) is 4.71. The maximum atomic E-state index is 12.2. The predicted molar refractivity (Wildman–Crippen MR) is 92.0 cm³/mol. The van der Waals surface area contributed by atoms with Gasteiger partial charge >= 0.3 is 11.7 Å². The van der Waals surface area contributed by atoms with Crippen LogP contribution in [-0.4, -0.2) is 31.9 Å². The molecule has 8 nitrogen and oxygen atoms in total. The number of carbonyl (C=O) groups is 1. The molecule has 0 fully saturated rings. The van der Waals surface area contributed by atoms with Crippen LogP contribution in [0.25, 0.3) is 11.4 Å². The van der Waals surface area contributed by atoms with Gasteiger partial charge in [0, 0.05) is 31.5 Å². The fourth-order valence-corrected chi connectivity index (χ4v) is 2.77. The minimum Gasteiger partial charge on any atom is -0.336 e. The van der Waals surface area contributed by atoms with Crippen LogP contribution in [0.15, 0.2) is 46.8 Å². The summed E-state index contributed by atoms with van der Waals surface area (Å²) in [6.45, 7) is 0.575. The van der Waals surface area contributed by atoms with E-state index in [-0.39, 0.29) is 18.3 Å². The highest BCUT2D eigenvalue weighted by Gasteiger charge is 2.12. The van der Waals surface area contributed by atoms with Gasteiger partial charge in [0.1, 0.15) is 0 Å². The molecule has 2 amide bonds. The van der Waals surface area contributed by atoms with Crippen molar-refractivity contribution in [3.63, 3.8) is 0 Å². The number of urea groups is 1. The van der Waals surface area contributed by atoms with Gasteiger partial charge in [0.15, 0.2) is 5.82 Å². The molecular weight excluding hydrogens is 328 g/mol. The molecule has 0 aliphatic heterocycles. The van der Waals surface area contributed by atoms with Crippen molar-refractivity contribution in [2.75, 3.05) is 11.9 Å². The summed E-state index contributed by atoms with van der Waals surface area (Å²) >= 11 is 1.44. The number of nitrogens with zero attached hydrogens (tertiary/aromatic N) is 4. The van der Waals surface area contributed by atoms with E-state index in [4.69, 9.17) is 0 Å². The SMILES string of the molecule is Cn1c(-c2cccnc2)nn(CCNC(=O)Nc2cccs2)c1=O. The lowest BCUT2D eigenvalue weighted by Gasteiger charge is -2.05. The molecule has 0 radical (unpaired) electrons. The van der Waals surface area contributed by atoms with Crippen molar-refractivity contribution in [2.24, 2.45) is 7.05 Å². The van der Waals surface area contributed by atoms with Crippen LogP contribution in [0.3, 0.4) is 0 Å². The summed E-state index contributed by atoms with van der Waals surface area (Å²) in [6, 6.07) is 6.98. The average Bonchev–Trinajstić information content (AvgIpc) is 3.19. The van der Waals surface area contributed by atoms with E-state index >= 15 is 0 Å². The molecule has 3 aromatic rings. The molecule has 0 aliphatic carbocycles. The minimum atomic E-state index is -0.311. The predicted octanol–water partition coefficient (Wildman–Crippen LogP) is 1.53. The first-order chi connectivity index (χ1) is 11.6. The zero-order valence-corrected chi connectivity index (χ0v) is 13.8. The van der Waals surface area contributed by atoms with Crippen LogP contribution < -0.4 is 16.3 Å². The fraction of sp³-hybridized carbons (Fsp3) is 0.200. The van der Waals surface area contributed by atoms with Crippen molar-refractivity contribution in [1.82, 2.24) is 24.6 Å². The molecule has 2 N–H and O–H groups in total. The second-order valence-corrected chi connectivity index (χ2v) is 5.94. The maximum absolute atomic E-state index is 12.2. The molecule has 0 saturated carbocycles. The highest BCUT2D eigenvalue weighted by molar-refractivity contribution is 7.14. The Labute approximate surface area is 141 Å². The van der Waals surface area contributed by atoms with E-state index in [1.54, 1.807) is 25.5 Å². The van der Waals surface area contributed by atoms with Gasteiger partial charge in [-0.15, -0.1) is 16.4 Å². The number of hydrogen-bond acceptors (Lipinski definition) is 5. The van der Waals surface area contributed by atoms with E-state index in [0.29, 0.717) is 12.4 Å². The van der Waals surface area contributed by atoms with Gasteiger partial charge in [0.2, 0.25) is 0 Å². The van der Waals surface area contributed by atoms with Crippen molar-refractivity contribution < 1.29 is 4.79 Å². The molecule has 0 aromatic carbocycles. The summed E-state index contributed by atoms with van der Waals surface area (Å²) in [5.74, 6) is 0.538. The quantitative estimate of drug-likeness (QED) is 0.734. The van der Waals surface area contributed by atoms with Gasteiger partial charge in [0.25, 0.3) is 0 Å². The highest BCUT2D eigenvalue weighted by Crippen LogP contribution is 2.14. The molecule has 0 spiro atoms. The summed E-state index contributed by atoms with van der Waals surface area (Å²) in [7, 11) is 1.66. The lowest BCUT2D eigenvalue weighted by molar-refractivity contribution is 0.251. The Bertz CT molecular complexity index is 869. The summed E-state index contributed by atoms with van der Waals surface area (Å²) in [6.07, 6.45) is 3.31. The van der Waals surface area contributed by atoms with Gasteiger partial charge in [-0.2, -0.15) is 0 Å². The van der Waals surface area contributed by atoms with Gasteiger partial charge in [0.05, 0.1) is 11.5 Å². The number of carbonyl (C=O) groups excluding carboxylic acids is 1. The van der Waals surface area contributed by atoms with Crippen LogP contribution in [0.1, 0.15) is 0 Å². The van der Waals surface area contributed by atoms with Crippen molar-refractivity contribution in [1.29, 1.82) is 0 Å². The van der Waals surface area contributed by atoms with E-state index in [1.807, 2.05) is 23.6 Å². The fourth-order valence-electron chi connectivity index (χ4n) is 2.16. The summed E-state index contributed by atoms with van der Waals surface area (Å²) in [5, 5.41) is 12.4. The van der Waals surface area contributed by atoms with Gasteiger partial charge in [-0.05, 0) is 29.6 Å². The van der Waals surface area contributed by atoms with E-state index in [2.05, 4.69) is 20.7 Å². The van der Waals surface area contributed by atoms with Crippen LogP contribution in [0.2, 0.25) is 0 Å². The highest BCUT2D eigenvalue weighted by atomic mass is 32.1. The van der Waals surface area contributed by atoms with Crippen LogP contribution in [0.5, 0.6) is 0 Å². The van der Waals surface area contributed by atoms with Crippen molar-refractivity contribution >= 4 is 22.4 Å². The Balaban J connectivity index is 1.62. The van der Waals surface area contributed by atoms with Crippen molar-refractivity contribution in [3.05, 3.63) is 52.5 Å². The number of thiophene rings is 1. The maximum Gasteiger partial charge on any atom is 0.345 e. The zero-order valence-electron chi connectivity index (χ0n) is 13.0. The van der Waals surface area contributed by atoms with E-state index in [9.17, 15) is 9.59 Å². The standard InChI is InChI=1S/C15H16N6O2S/c1-20-13(11-4-2-6-16-10-11)19-21(15(20)23)8-7-17-14(22)18-12-5-3-9-24-12/h2-6,9-10H,7-8H2,1H3,(H2,17,18,22). The topological polar surface area (TPSA) is 93.8 Å². The van der Waals surface area contributed by atoms with Gasteiger partial charge in [-0.3, -0.25) is 14.9 Å². The first kappa shape index (κ1) is 15.9. The molecule has 3 rings (SSSR count). The molecule has 24 heavy (non-hydrogen) atoms. The van der Waals surface area contributed by atoms with E-state index < -0.39 is 0 Å². The molecule has 0 aliphatic rings. The number of anilines is 1. The first-order valence-electron chi connectivity index (χ1n) is 7.28. The van der Waals surface area contributed by atoms with Gasteiger partial charge < -0.3 is 5.32 Å². The molecular formula is C15H16N6O2S. The minimum absolute atomic E-state index is 0.241. The number of nitrogens with one attached hydrogen (secondary N) is 2. The number of amides is 2. The third-order valence-corrected chi connectivity index (χ3v) is 4.11. The van der Waals surface area contributed by atoms with Crippen LogP contribution in [-0.2, 0) is 13.6 Å². The summed E-state index contributed by atoms with van der Waals surface area (Å²) in [4.78, 5) is 28.0. The van der Waals surface area contributed by atoms with Crippen molar-refractivity contribution in [3.8, 4) is 11.4 Å². The summed E-state index contributed by atoms with van der Waals surface area (Å²) < 4.78 is 2.79. The molecule has 124 valence electrons. The van der Waals surface area contributed by atoms with Crippen LogP contribution in [0, 0.1) is 0 Å². The van der Waals surface area contributed by atoms with Crippen LogP contribution >= 0.6 is 11.3 Å². The molecule has 0 saturated heterocycles. The molecule has 0 bridgehead atoms. The normalized spacial score (nSPS) is 10.5. The first-order valence-corrected chi connectivity index (χ1v) is 8.15. The van der Waals surface area contributed by atoms with Crippen LogP contribution in [0.4, 0.5) is 9.80 Å². The zero-order chi connectivity index (χ0) is 16.9. The third-order valence-electron chi connectivity index (χ3n) is 3.33. The molecule has 3 aromatic heterocycles. The number of aromatic nitrogens is 4. The Morgan fingerprint density at radius 1 is 1.33 bits per heavy atom. The third kappa shape index (κ3) is 3.51. The van der Waals surface area contributed by atoms with E-state index in [1.165, 1.54) is 20.6 Å². The molecule has 0 unspecified atom stereocenters. The monoisotopic (exact) mass is 344 g/mol. The number of pyridine rings is 1. The summed E-state index contributed by atoms with van der Waals surface area (Å²) in [5.41, 5.74) is 0.522. The molecule has 0 atom stereocenters. The largest absolute Gasteiger partial charge is 0.345 e. The Morgan fingerprint density at radius 2 is 2.21 bits per heavy atom. The molecule has 9 heteroatoms. The molecule has 3 heterocycles. The second-order valence-electron chi connectivity index (χ2n) is 4.99. The number of hydrogen-bond donors (Lipinski definition) is 2. The Morgan fingerprint density at radius 3 is 2.92 bits per heavy atom. The van der Waals surface area contributed by atoms with Gasteiger partial charge in [-0.25, -0.2) is 14.3 Å². The van der Waals surface area contributed by atoms with E-state index in [0.717, 1.165) is 10.6 Å². The van der Waals surface area contributed by atoms with Gasteiger partial charge in [-0.1, -0.05) is 0 Å². The smallest absolute Gasteiger partial charge is 0.336 e. The second kappa shape index (κ2) is 7.09.